The quantitative estimate of drug-likeness (QED) is 0.916. The standard InChI is InChI=1S/C15H21N5/c1-18-7-8-20(13-6-4-3-5-12(13)18)14(9-16)15-10-17-11-19(15)2/h3-6,10-11,14H,7-9,16H2,1-2H3. The van der Waals surface area contributed by atoms with Crippen LogP contribution in [0.4, 0.5) is 11.4 Å². The molecule has 1 aromatic carbocycles. The van der Waals surface area contributed by atoms with Gasteiger partial charge in [0.25, 0.3) is 0 Å². The number of para-hydroxylation sites is 2. The zero-order chi connectivity index (χ0) is 14.1. The van der Waals surface area contributed by atoms with Crippen LogP contribution < -0.4 is 15.5 Å². The number of fused-ring (bicyclic) bond motifs is 1. The maximum Gasteiger partial charge on any atom is 0.0946 e. The first-order chi connectivity index (χ1) is 9.72. The maximum atomic E-state index is 6.06. The molecule has 0 amide bonds. The Morgan fingerprint density at radius 1 is 1.20 bits per heavy atom. The number of hydrogen-bond acceptors (Lipinski definition) is 4. The van der Waals surface area contributed by atoms with E-state index in [9.17, 15) is 0 Å². The molecule has 0 saturated heterocycles. The van der Waals surface area contributed by atoms with Gasteiger partial charge >= 0.3 is 0 Å². The number of nitrogens with two attached hydrogens (primary N) is 1. The van der Waals surface area contributed by atoms with E-state index in [0.29, 0.717) is 6.54 Å². The molecule has 0 fully saturated rings. The molecule has 5 nitrogen and oxygen atoms in total. The van der Waals surface area contributed by atoms with Gasteiger partial charge in [0.2, 0.25) is 0 Å². The summed E-state index contributed by atoms with van der Waals surface area (Å²) in [5, 5.41) is 0. The van der Waals surface area contributed by atoms with E-state index in [1.54, 1.807) is 0 Å². The highest BCUT2D eigenvalue weighted by atomic mass is 15.3. The second kappa shape index (κ2) is 5.17. The van der Waals surface area contributed by atoms with E-state index in [1.807, 2.05) is 19.6 Å². The Morgan fingerprint density at radius 2 is 1.95 bits per heavy atom. The SMILES string of the molecule is CN1CCN(C(CN)c2cncn2C)c2ccccc21. The molecule has 2 N–H and O–H groups in total. The zero-order valence-electron chi connectivity index (χ0n) is 12.0. The molecule has 106 valence electrons. The van der Waals surface area contributed by atoms with Crippen molar-refractivity contribution in [1.82, 2.24) is 9.55 Å². The Labute approximate surface area is 119 Å². The normalized spacial score (nSPS) is 16.1. The Hall–Kier alpha value is -2.01. The Balaban J connectivity index is 2.02. The van der Waals surface area contributed by atoms with Gasteiger partial charge in [-0.25, -0.2) is 4.98 Å². The van der Waals surface area contributed by atoms with E-state index in [1.165, 1.54) is 11.4 Å². The van der Waals surface area contributed by atoms with Crippen LogP contribution in [0.2, 0.25) is 0 Å². The largest absolute Gasteiger partial charge is 0.371 e. The van der Waals surface area contributed by atoms with Gasteiger partial charge in [-0.15, -0.1) is 0 Å². The van der Waals surface area contributed by atoms with Gasteiger partial charge in [0.1, 0.15) is 0 Å². The summed E-state index contributed by atoms with van der Waals surface area (Å²) in [5.74, 6) is 0. The van der Waals surface area contributed by atoms with E-state index in [-0.39, 0.29) is 6.04 Å². The van der Waals surface area contributed by atoms with Crippen molar-refractivity contribution in [2.75, 3.05) is 36.5 Å². The molecule has 1 atom stereocenters. The summed E-state index contributed by atoms with van der Waals surface area (Å²) in [5.41, 5.74) is 9.73. The minimum absolute atomic E-state index is 0.164. The lowest BCUT2D eigenvalue weighted by molar-refractivity contribution is 0.579. The molecule has 5 heteroatoms. The second-order valence-electron chi connectivity index (χ2n) is 5.28. The first kappa shape index (κ1) is 13.0. The average molecular weight is 271 g/mol. The third kappa shape index (κ3) is 2.04. The fourth-order valence-corrected chi connectivity index (χ4v) is 2.95. The number of benzene rings is 1. The van der Waals surface area contributed by atoms with Crippen LogP contribution in [0.15, 0.2) is 36.8 Å². The molecule has 1 unspecified atom stereocenters. The number of likely N-dealkylation sites (N-methyl/N-ethyl adjacent to an activating group) is 1. The predicted molar refractivity (Wildman–Crippen MR) is 82.1 cm³/mol. The van der Waals surface area contributed by atoms with Crippen molar-refractivity contribution in [2.24, 2.45) is 12.8 Å². The molecular weight excluding hydrogens is 250 g/mol. The number of aromatic nitrogens is 2. The number of imidazole rings is 1. The van der Waals surface area contributed by atoms with Crippen molar-refractivity contribution in [2.45, 2.75) is 6.04 Å². The minimum atomic E-state index is 0.164. The van der Waals surface area contributed by atoms with Gasteiger partial charge < -0.3 is 20.1 Å². The summed E-state index contributed by atoms with van der Waals surface area (Å²) in [6, 6.07) is 8.67. The van der Waals surface area contributed by atoms with Crippen LogP contribution >= 0.6 is 0 Å². The van der Waals surface area contributed by atoms with Crippen molar-refractivity contribution in [3.63, 3.8) is 0 Å². The maximum absolute atomic E-state index is 6.06. The van der Waals surface area contributed by atoms with E-state index in [2.05, 4.69) is 50.7 Å². The molecule has 1 aliphatic heterocycles. The summed E-state index contributed by atoms with van der Waals surface area (Å²) >= 11 is 0. The first-order valence-corrected chi connectivity index (χ1v) is 6.95. The summed E-state index contributed by atoms with van der Waals surface area (Å²) in [6.07, 6.45) is 3.75. The Kier molecular flexibility index (Phi) is 3.36. The van der Waals surface area contributed by atoms with Gasteiger partial charge in [0.05, 0.1) is 35.6 Å². The van der Waals surface area contributed by atoms with Crippen LogP contribution in [-0.2, 0) is 7.05 Å². The van der Waals surface area contributed by atoms with Gasteiger partial charge in [-0.05, 0) is 12.1 Å². The number of nitrogens with zero attached hydrogens (tertiary/aromatic N) is 4. The van der Waals surface area contributed by atoms with E-state index in [0.717, 1.165) is 18.8 Å². The van der Waals surface area contributed by atoms with Gasteiger partial charge in [-0.3, -0.25) is 0 Å². The van der Waals surface area contributed by atoms with Crippen molar-refractivity contribution < 1.29 is 0 Å². The van der Waals surface area contributed by atoms with Crippen LogP contribution in [0, 0.1) is 0 Å². The monoisotopic (exact) mass is 271 g/mol. The topological polar surface area (TPSA) is 50.3 Å². The molecular formula is C15H21N5. The second-order valence-corrected chi connectivity index (χ2v) is 5.28. The zero-order valence-corrected chi connectivity index (χ0v) is 12.0. The smallest absolute Gasteiger partial charge is 0.0946 e. The van der Waals surface area contributed by atoms with Crippen molar-refractivity contribution in [3.05, 3.63) is 42.5 Å². The van der Waals surface area contributed by atoms with Crippen LogP contribution in [0.1, 0.15) is 11.7 Å². The molecule has 0 aliphatic carbocycles. The molecule has 20 heavy (non-hydrogen) atoms. The van der Waals surface area contributed by atoms with E-state index < -0.39 is 0 Å². The van der Waals surface area contributed by atoms with Crippen LogP contribution in [-0.4, -0.2) is 36.2 Å². The summed E-state index contributed by atoms with van der Waals surface area (Å²) < 4.78 is 2.05. The molecule has 2 heterocycles. The highest BCUT2D eigenvalue weighted by Crippen LogP contribution is 2.36. The van der Waals surface area contributed by atoms with E-state index >= 15 is 0 Å². The highest BCUT2D eigenvalue weighted by molar-refractivity contribution is 5.73. The lowest BCUT2D eigenvalue weighted by Gasteiger charge is -2.41. The van der Waals surface area contributed by atoms with Crippen LogP contribution in [0.3, 0.4) is 0 Å². The van der Waals surface area contributed by atoms with Crippen molar-refractivity contribution in [3.8, 4) is 0 Å². The molecule has 0 saturated carbocycles. The molecule has 0 radical (unpaired) electrons. The first-order valence-electron chi connectivity index (χ1n) is 6.95. The van der Waals surface area contributed by atoms with Crippen LogP contribution in [0.25, 0.3) is 0 Å². The van der Waals surface area contributed by atoms with E-state index in [4.69, 9.17) is 5.73 Å². The molecule has 1 aliphatic rings. The lowest BCUT2D eigenvalue weighted by Crippen LogP contribution is -2.44. The molecule has 0 spiro atoms. The molecule has 1 aromatic heterocycles. The van der Waals surface area contributed by atoms with Crippen molar-refractivity contribution in [1.29, 1.82) is 0 Å². The Bertz CT molecular complexity index is 591. The molecule has 2 aromatic rings. The van der Waals surface area contributed by atoms with Gasteiger partial charge in [-0.2, -0.15) is 0 Å². The van der Waals surface area contributed by atoms with Gasteiger partial charge in [0.15, 0.2) is 0 Å². The summed E-state index contributed by atoms with van der Waals surface area (Å²) in [4.78, 5) is 8.92. The Morgan fingerprint density at radius 3 is 2.60 bits per heavy atom. The highest BCUT2D eigenvalue weighted by Gasteiger charge is 2.27. The fourth-order valence-electron chi connectivity index (χ4n) is 2.95. The number of hydrogen-bond donors (Lipinski definition) is 1. The summed E-state index contributed by atoms with van der Waals surface area (Å²) in [6.45, 7) is 2.56. The third-order valence-electron chi connectivity index (χ3n) is 4.07. The van der Waals surface area contributed by atoms with Gasteiger partial charge in [-0.1, -0.05) is 12.1 Å². The van der Waals surface area contributed by atoms with Gasteiger partial charge in [0, 0.05) is 33.7 Å². The third-order valence-corrected chi connectivity index (χ3v) is 4.07. The van der Waals surface area contributed by atoms with Crippen molar-refractivity contribution >= 4 is 11.4 Å². The average Bonchev–Trinajstić information content (AvgIpc) is 2.89. The fraction of sp³-hybridized carbons (Fsp3) is 0.400. The lowest BCUT2D eigenvalue weighted by atomic mass is 10.1. The number of rotatable bonds is 3. The molecule has 3 rings (SSSR count). The number of anilines is 2. The summed E-state index contributed by atoms with van der Waals surface area (Å²) in [7, 11) is 4.16. The molecule has 0 bridgehead atoms. The predicted octanol–water partition coefficient (Wildman–Crippen LogP) is 1.38. The number of aryl methyl sites for hydroxylation is 1. The minimum Gasteiger partial charge on any atom is -0.371 e. The van der Waals surface area contributed by atoms with Crippen LogP contribution in [0.5, 0.6) is 0 Å².